The Balaban J connectivity index is 1.85. The van der Waals surface area contributed by atoms with Crippen LogP contribution in [0.1, 0.15) is 34.5 Å². The van der Waals surface area contributed by atoms with E-state index in [-0.39, 0.29) is 12.5 Å². The summed E-state index contributed by atoms with van der Waals surface area (Å²) >= 11 is 0. The fraction of sp³-hybridized carbons (Fsp3) is 0.471. The third kappa shape index (κ3) is 3.04. The quantitative estimate of drug-likeness (QED) is 0.642. The number of nitrogens with two attached hydrogens (primary N) is 1. The predicted octanol–water partition coefficient (Wildman–Crippen LogP) is 1.48. The van der Waals surface area contributed by atoms with Gasteiger partial charge in [-0.05, 0) is 57.5 Å². The second-order valence-electron chi connectivity index (χ2n) is 6.41. The fourth-order valence-electron chi connectivity index (χ4n) is 3.06. The molecule has 0 unspecified atom stereocenters. The first-order valence-corrected chi connectivity index (χ1v) is 7.90. The second-order valence-corrected chi connectivity index (χ2v) is 6.41. The molecule has 6 nitrogen and oxygen atoms in total. The standard InChI is InChI=1S/C17H23N3O3/c1-10-7-13(15-12(14(10)18)8-11(2)23-15)16(21)20-9-17(22)3-5-19-6-4-17/h7-8,19,22H,3-6,9,18H2,1-2H3,(H,20,21). The molecule has 1 amide bonds. The lowest BCUT2D eigenvalue weighted by molar-refractivity contribution is 0.0113. The largest absolute Gasteiger partial charge is 0.460 e. The number of furan rings is 1. The van der Waals surface area contributed by atoms with Crippen molar-refractivity contribution in [2.45, 2.75) is 32.3 Å². The maximum Gasteiger partial charge on any atom is 0.255 e. The lowest BCUT2D eigenvalue weighted by Gasteiger charge is -2.32. The van der Waals surface area contributed by atoms with Crippen LogP contribution in [0.25, 0.3) is 11.0 Å². The molecule has 1 aliphatic heterocycles. The molecule has 2 heterocycles. The summed E-state index contributed by atoms with van der Waals surface area (Å²) in [5, 5.41) is 17.3. The van der Waals surface area contributed by atoms with Crippen LogP contribution in [-0.2, 0) is 0 Å². The monoisotopic (exact) mass is 317 g/mol. The molecule has 5 N–H and O–H groups in total. The van der Waals surface area contributed by atoms with E-state index in [1.165, 1.54) is 0 Å². The van der Waals surface area contributed by atoms with E-state index in [0.29, 0.717) is 35.4 Å². The average Bonchev–Trinajstić information content (AvgIpc) is 2.91. The number of rotatable bonds is 3. The molecule has 124 valence electrons. The number of benzene rings is 1. The minimum Gasteiger partial charge on any atom is -0.460 e. The van der Waals surface area contributed by atoms with Gasteiger partial charge in [-0.1, -0.05) is 0 Å². The summed E-state index contributed by atoms with van der Waals surface area (Å²) in [7, 11) is 0. The van der Waals surface area contributed by atoms with Crippen LogP contribution in [0.4, 0.5) is 5.69 Å². The predicted molar refractivity (Wildman–Crippen MR) is 89.5 cm³/mol. The number of aliphatic hydroxyl groups is 1. The molecule has 1 saturated heterocycles. The Morgan fingerprint density at radius 1 is 1.39 bits per heavy atom. The third-order valence-electron chi connectivity index (χ3n) is 4.53. The highest BCUT2D eigenvalue weighted by Gasteiger charge is 2.30. The molecule has 0 aliphatic carbocycles. The summed E-state index contributed by atoms with van der Waals surface area (Å²) in [5.41, 5.74) is 7.65. The highest BCUT2D eigenvalue weighted by atomic mass is 16.3. The minimum atomic E-state index is -0.845. The maximum atomic E-state index is 12.6. The van der Waals surface area contributed by atoms with Crippen molar-refractivity contribution in [3.8, 4) is 0 Å². The molecule has 1 fully saturated rings. The van der Waals surface area contributed by atoms with Gasteiger partial charge in [0, 0.05) is 17.6 Å². The van der Waals surface area contributed by atoms with Crippen molar-refractivity contribution in [1.29, 1.82) is 0 Å². The Kier molecular flexibility index (Phi) is 4.04. The number of aryl methyl sites for hydroxylation is 2. The van der Waals surface area contributed by atoms with Crippen LogP contribution in [0.2, 0.25) is 0 Å². The number of fused-ring (bicyclic) bond motifs is 1. The molecule has 0 atom stereocenters. The van der Waals surface area contributed by atoms with Crippen LogP contribution in [0.5, 0.6) is 0 Å². The number of carbonyl (C=O) groups excluding carboxylic acids is 1. The maximum absolute atomic E-state index is 12.6. The van der Waals surface area contributed by atoms with Gasteiger partial charge in [0.1, 0.15) is 11.3 Å². The van der Waals surface area contributed by atoms with Crippen molar-refractivity contribution in [3.05, 3.63) is 29.0 Å². The second kappa shape index (κ2) is 5.86. The van der Waals surface area contributed by atoms with E-state index in [1.807, 2.05) is 19.9 Å². The summed E-state index contributed by atoms with van der Waals surface area (Å²) in [5.74, 6) is 0.461. The molecule has 1 aliphatic rings. The number of carbonyl (C=O) groups is 1. The third-order valence-corrected chi connectivity index (χ3v) is 4.53. The van der Waals surface area contributed by atoms with Gasteiger partial charge in [-0.3, -0.25) is 4.79 Å². The van der Waals surface area contributed by atoms with E-state index in [1.54, 1.807) is 6.07 Å². The van der Waals surface area contributed by atoms with Gasteiger partial charge in [-0.25, -0.2) is 0 Å². The molecular weight excluding hydrogens is 294 g/mol. The molecule has 0 radical (unpaired) electrons. The molecule has 23 heavy (non-hydrogen) atoms. The van der Waals surface area contributed by atoms with Gasteiger partial charge in [-0.2, -0.15) is 0 Å². The van der Waals surface area contributed by atoms with Crippen molar-refractivity contribution >= 4 is 22.6 Å². The SMILES string of the molecule is Cc1cc2c(N)c(C)cc(C(=O)NCC3(O)CCNCC3)c2o1. The first kappa shape index (κ1) is 15.8. The summed E-state index contributed by atoms with van der Waals surface area (Å²) in [6, 6.07) is 3.58. The van der Waals surface area contributed by atoms with Gasteiger partial charge in [-0.15, -0.1) is 0 Å². The highest BCUT2D eigenvalue weighted by Crippen LogP contribution is 2.31. The van der Waals surface area contributed by atoms with E-state index >= 15 is 0 Å². The summed E-state index contributed by atoms with van der Waals surface area (Å²) in [4.78, 5) is 12.6. The zero-order chi connectivity index (χ0) is 16.6. The highest BCUT2D eigenvalue weighted by molar-refractivity contribution is 6.08. The molecule has 0 saturated carbocycles. The van der Waals surface area contributed by atoms with Crippen LogP contribution in [0, 0.1) is 13.8 Å². The molecule has 2 aromatic rings. The van der Waals surface area contributed by atoms with Crippen LogP contribution in [-0.4, -0.2) is 36.2 Å². The lowest BCUT2D eigenvalue weighted by atomic mass is 9.92. The van der Waals surface area contributed by atoms with Crippen molar-refractivity contribution < 1.29 is 14.3 Å². The smallest absolute Gasteiger partial charge is 0.255 e. The number of nitrogens with one attached hydrogen (secondary N) is 2. The minimum absolute atomic E-state index is 0.234. The van der Waals surface area contributed by atoms with Crippen molar-refractivity contribution in [2.75, 3.05) is 25.4 Å². The average molecular weight is 317 g/mol. The van der Waals surface area contributed by atoms with E-state index < -0.39 is 5.60 Å². The van der Waals surface area contributed by atoms with Gasteiger partial charge in [0.2, 0.25) is 0 Å². The van der Waals surface area contributed by atoms with E-state index in [9.17, 15) is 9.90 Å². The zero-order valence-electron chi connectivity index (χ0n) is 13.5. The van der Waals surface area contributed by atoms with Crippen LogP contribution >= 0.6 is 0 Å². The van der Waals surface area contributed by atoms with Gasteiger partial charge >= 0.3 is 0 Å². The van der Waals surface area contributed by atoms with Gasteiger partial charge in [0.25, 0.3) is 5.91 Å². The number of nitrogen functional groups attached to an aromatic ring is 1. The summed E-state index contributed by atoms with van der Waals surface area (Å²) in [6.45, 7) is 5.45. The number of hydrogen-bond donors (Lipinski definition) is 4. The lowest BCUT2D eigenvalue weighted by Crippen LogP contribution is -2.49. The summed E-state index contributed by atoms with van der Waals surface area (Å²) in [6.07, 6.45) is 1.26. The Bertz CT molecular complexity index is 745. The van der Waals surface area contributed by atoms with Gasteiger partial charge in [0.15, 0.2) is 0 Å². The van der Waals surface area contributed by atoms with Crippen LogP contribution in [0.3, 0.4) is 0 Å². The van der Waals surface area contributed by atoms with E-state index in [2.05, 4.69) is 10.6 Å². The fourth-order valence-corrected chi connectivity index (χ4v) is 3.06. The van der Waals surface area contributed by atoms with E-state index in [0.717, 1.165) is 24.0 Å². The number of piperidine rings is 1. The van der Waals surface area contributed by atoms with Gasteiger partial charge < -0.3 is 25.9 Å². The van der Waals surface area contributed by atoms with Crippen molar-refractivity contribution in [2.24, 2.45) is 0 Å². The van der Waals surface area contributed by atoms with Crippen LogP contribution in [0.15, 0.2) is 16.5 Å². The van der Waals surface area contributed by atoms with E-state index in [4.69, 9.17) is 10.2 Å². The Morgan fingerprint density at radius 2 is 2.09 bits per heavy atom. The molecule has 1 aromatic heterocycles. The molecular formula is C17H23N3O3. The molecule has 3 rings (SSSR count). The molecule has 1 aromatic carbocycles. The van der Waals surface area contributed by atoms with Gasteiger partial charge in [0.05, 0.1) is 11.2 Å². The molecule has 0 spiro atoms. The van der Waals surface area contributed by atoms with Crippen molar-refractivity contribution in [3.63, 3.8) is 0 Å². The topological polar surface area (TPSA) is 101 Å². The van der Waals surface area contributed by atoms with Crippen LogP contribution < -0.4 is 16.4 Å². The Hall–Kier alpha value is -2.05. The number of amides is 1. The Morgan fingerprint density at radius 3 is 2.78 bits per heavy atom. The number of hydrogen-bond acceptors (Lipinski definition) is 5. The first-order chi connectivity index (χ1) is 10.9. The van der Waals surface area contributed by atoms with Crippen molar-refractivity contribution in [1.82, 2.24) is 10.6 Å². The Labute approximate surface area is 135 Å². The summed E-state index contributed by atoms with van der Waals surface area (Å²) < 4.78 is 5.66. The molecule has 0 bridgehead atoms. The normalized spacial score (nSPS) is 17.3. The first-order valence-electron chi connectivity index (χ1n) is 7.90. The zero-order valence-corrected chi connectivity index (χ0v) is 13.5. The molecule has 6 heteroatoms. The number of anilines is 1.